The number of rotatable bonds is 8. The van der Waals surface area contributed by atoms with Crippen molar-refractivity contribution < 1.29 is 14.4 Å². The number of nitrogens with two attached hydrogens (primary N) is 1. The first-order valence-corrected chi connectivity index (χ1v) is 9.65. The predicted molar refractivity (Wildman–Crippen MR) is 102 cm³/mol. The van der Waals surface area contributed by atoms with Gasteiger partial charge in [0.1, 0.15) is 6.04 Å². The van der Waals surface area contributed by atoms with Crippen LogP contribution in [0.25, 0.3) is 0 Å². The molecule has 2 heterocycles. The van der Waals surface area contributed by atoms with Crippen LogP contribution in [0.3, 0.4) is 0 Å². The van der Waals surface area contributed by atoms with Gasteiger partial charge in [0.15, 0.2) is 0 Å². The van der Waals surface area contributed by atoms with Gasteiger partial charge in [0.25, 0.3) is 5.91 Å². The second-order valence-corrected chi connectivity index (χ2v) is 7.43. The van der Waals surface area contributed by atoms with Crippen molar-refractivity contribution in [2.75, 3.05) is 20.1 Å². The smallest absolute Gasteiger partial charge is 0.255 e. The third kappa shape index (κ3) is 4.36. The number of nitrogens with one attached hydrogen (secondary N) is 1. The highest BCUT2D eigenvalue weighted by molar-refractivity contribution is 6.05. The van der Waals surface area contributed by atoms with Gasteiger partial charge < -0.3 is 15.5 Å². The number of amides is 3. The fourth-order valence-corrected chi connectivity index (χ4v) is 3.87. The maximum Gasteiger partial charge on any atom is 0.255 e. The van der Waals surface area contributed by atoms with Crippen molar-refractivity contribution >= 4 is 17.7 Å². The van der Waals surface area contributed by atoms with E-state index in [0.717, 1.165) is 50.0 Å². The summed E-state index contributed by atoms with van der Waals surface area (Å²) >= 11 is 0. The molecule has 27 heavy (non-hydrogen) atoms. The Bertz CT molecular complexity index is 734. The summed E-state index contributed by atoms with van der Waals surface area (Å²) in [5.74, 6) is -0.754. The number of carbonyl (C=O) groups is 3. The monoisotopic (exact) mass is 372 g/mol. The van der Waals surface area contributed by atoms with Crippen molar-refractivity contribution in [2.45, 2.75) is 51.2 Å². The largest absolute Gasteiger partial charge is 0.330 e. The van der Waals surface area contributed by atoms with Gasteiger partial charge in [0.05, 0.1) is 0 Å². The third-order valence-corrected chi connectivity index (χ3v) is 5.36. The van der Waals surface area contributed by atoms with Gasteiger partial charge in [0, 0.05) is 25.1 Å². The van der Waals surface area contributed by atoms with Crippen molar-refractivity contribution in [2.24, 2.45) is 5.73 Å². The Labute approximate surface area is 159 Å². The molecule has 1 atom stereocenters. The molecule has 7 heteroatoms. The second-order valence-electron chi connectivity index (χ2n) is 7.43. The van der Waals surface area contributed by atoms with Crippen LogP contribution >= 0.6 is 0 Å². The molecule has 1 saturated heterocycles. The number of piperidine rings is 1. The van der Waals surface area contributed by atoms with Crippen LogP contribution in [-0.4, -0.2) is 53.7 Å². The van der Waals surface area contributed by atoms with Gasteiger partial charge in [-0.2, -0.15) is 0 Å². The molecule has 1 fully saturated rings. The van der Waals surface area contributed by atoms with Crippen LogP contribution < -0.4 is 11.1 Å². The average molecular weight is 372 g/mol. The molecule has 3 rings (SSSR count). The van der Waals surface area contributed by atoms with Crippen LogP contribution in [-0.2, 0) is 22.7 Å². The highest BCUT2D eigenvalue weighted by Crippen LogP contribution is 2.30. The summed E-state index contributed by atoms with van der Waals surface area (Å²) in [6.07, 6.45) is 3.93. The highest BCUT2D eigenvalue weighted by Gasteiger charge is 2.39. The lowest BCUT2D eigenvalue weighted by Crippen LogP contribution is -2.52. The Balaban J connectivity index is 1.68. The van der Waals surface area contributed by atoms with Crippen molar-refractivity contribution in [1.82, 2.24) is 15.1 Å². The molecule has 146 valence electrons. The summed E-state index contributed by atoms with van der Waals surface area (Å²) < 4.78 is 0. The second kappa shape index (κ2) is 8.63. The number of fused-ring (bicyclic) bond motifs is 1. The minimum atomic E-state index is -0.565. The molecule has 3 N–H and O–H groups in total. The van der Waals surface area contributed by atoms with Crippen LogP contribution in [0, 0.1) is 0 Å². The number of unbranched alkanes of at least 4 members (excludes halogenated alkanes) is 2. The van der Waals surface area contributed by atoms with E-state index in [2.05, 4.69) is 23.3 Å². The first kappa shape index (κ1) is 19.5. The van der Waals surface area contributed by atoms with E-state index in [1.165, 1.54) is 0 Å². The molecule has 0 radical (unpaired) electrons. The molecule has 0 aliphatic carbocycles. The van der Waals surface area contributed by atoms with Crippen molar-refractivity contribution in [1.29, 1.82) is 0 Å². The van der Waals surface area contributed by atoms with Crippen LogP contribution in [0.15, 0.2) is 18.2 Å². The Kier molecular flexibility index (Phi) is 6.23. The summed E-state index contributed by atoms with van der Waals surface area (Å²) in [6.45, 7) is 2.91. The van der Waals surface area contributed by atoms with E-state index in [0.29, 0.717) is 18.5 Å². The average Bonchev–Trinajstić information content (AvgIpc) is 2.97. The van der Waals surface area contributed by atoms with Gasteiger partial charge in [-0.15, -0.1) is 0 Å². The maximum atomic E-state index is 12.8. The molecule has 3 amide bonds. The summed E-state index contributed by atoms with van der Waals surface area (Å²) in [7, 11) is 2.08. The van der Waals surface area contributed by atoms with Crippen molar-refractivity contribution in [3.05, 3.63) is 34.9 Å². The summed E-state index contributed by atoms with van der Waals surface area (Å²) in [5.41, 5.74) is 8.34. The molecule has 0 bridgehead atoms. The zero-order valence-electron chi connectivity index (χ0n) is 15.9. The quantitative estimate of drug-likeness (QED) is 0.524. The number of carbonyl (C=O) groups excluding carboxylic acids is 3. The molecule has 2 aliphatic rings. The van der Waals surface area contributed by atoms with Gasteiger partial charge in [-0.1, -0.05) is 18.6 Å². The Morgan fingerprint density at radius 3 is 2.78 bits per heavy atom. The predicted octanol–water partition coefficient (Wildman–Crippen LogP) is 1.01. The lowest BCUT2D eigenvalue weighted by atomic mass is 10.0. The SMILES string of the molecule is CN(CCCCCN)Cc1cccc2c1CN(C1CCC(=O)NC1=O)C2=O. The topological polar surface area (TPSA) is 95.7 Å². The van der Waals surface area contributed by atoms with E-state index in [1.54, 1.807) is 4.90 Å². The van der Waals surface area contributed by atoms with E-state index < -0.39 is 6.04 Å². The zero-order chi connectivity index (χ0) is 19.4. The van der Waals surface area contributed by atoms with Crippen LogP contribution in [0.1, 0.15) is 53.6 Å². The van der Waals surface area contributed by atoms with E-state index >= 15 is 0 Å². The van der Waals surface area contributed by atoms with Crippen LogP contribution in [0.2, 0.25) is 0 Å². The summed E-state index contributed by atoms with van der Waals surface area (Å²) in [5, 5.41) is 2.34. The van der Waals surface area contributed by atoms with E-state index in [1.807, 2.05) is 12.1 Å². The number of imide groups is 1. The minimum Gasteiger partial charge on any atom is -0.330 e. The van der Waals surface area contributed by atoms with E-state index in [4.69, 9.17) is 5.73 Å². The fraction of sp³-hybridized carbons (Fsp3) is 0.550. The van der Waals surface area contributed by atoms with Gasteiger partial charge >= 0.3 is 0 Å². The molecule has 2 aliphatic heterocycles. The Morgan fingerprint density at radius 2 is 2.04 bits per heavy atom. The molecule has 1 unspecified atom stereocenters. The first-order valence-electron chi connectivity index (χ1n) is 9.65. The molecule has 1 aromatic carbocycles. The van der Waals surface area contributed by atoms with Gasteiger partial charge in [0.2, 0.25) is 11.8 Å². The Morgan fingerprint density at radius 1 is 1.22 bits per heavy atom. The molecule has 1 aromatic rings. The number of hydrogen-bond acceptors (Lipinski definition) is 5. The van der Waals surface area contributed by atoms with Gasteiger partial charge in [-0.3, -0.25) is 19.7 Å². The zero-order valence-corrected chi connectivity index (χ0v) is 15.9. The number of benzene rings is 1. The number of hydrogen-bond donors (Lipinski definition) is 2. The lowest BCUT2D eigenvalue weighted by Gasteiger charge is -2.29. The molecular weight excluding hydrogens is 344 g/mol. The Hall–Kier alpha value is -2.25. The molecule has 0 aromatic heterocycles. The molecular formula is C20H28N4O3. The standard InChI is InChI=1S/C20H28N4O3/c1-23(11-4-2-3-10-21)12-14-6-5-7-15-16(14)13-24(20(15)27)17-8-9-18(25)22-19(17)26/h5-7,17H,2-4,8-13,21H2,1H3,(H,22,25,26). The van der Waals surface area contributed by atoms with Crippen molar-refractivity contribution in [3.8, 4) is 0 Å². The van der Waals surface area contributed by atoms with Crippen molar-refractivity contribution in [3.63, 3.8) is 0 Å². The molecule has 0 saturated carbocycles. The minimum absolute atomic E-state index is 0.119. The van der Waals surface area contributed by atoms with Gasteiger partial charge in [-0.05, 0) is 56.6 Å². The summed E-state index contributed by atoms with van der Waals surface area (Å²) in [4.78, 5) is 40.3. The van der Waals surface area contributed by atoms with E-state index in [-0.39, 0.29) is 24.1 Å². The normalized spacial score (nSPS) is 19.6. The van der Waals surface area contributed by atoms with Crippen LogP contribution in [0.4, 0.5) is 0 Å². The fourth-order valence-electron chi connectivity index (χ4n) is 3.87. The van der Waals surface area contributed by atoms with E-state index in [9.17, 15) is 14.4 Å². The molecule has 0 spiro atoms. The number of nitrogens with zero attached hydrogens (tertiary/aromatic N) is 2. The maximum absolute atomic E-state index is 12.8. The highest BCUT2D eigenvalue weighted by atomic mass is 16.2. The summed E-state index contributed by atoms with van der Waals surface area (Å²) in [6, 6.07) is 5.22. The van der Waals surface area contributed by atoms with Crippen LogP contribution in [0.5, 0.6) is 0 Å². The lowest BCUT2D eigenvalue weighted by molar-refractivity contribution is -0.136. The molecule has 7 nitrogen and oxygen atoms in total. The third-order valence-electron chi connectivity index (χ3n) is 5.36. The first-order chi connectivity index (χ1) is 13.0. The van der Waals surface area contributed by atoms with Gasteiger partial charge in [-0.25, -0.2) is 0 Å².